The van der Waals surface area contributed by atoms with Crippen molar-refractivity contribution in [3.8, 4) is 0 Å². The van der Waals surface area contributed by atoms with E-state index in [0.717, 1.165) is 57.8 Å². The van der Waals surface area contributed by atoms with Gasteiger partial charge in [0, 0.05) is 12.8 Å². The van der Waals surface area contributed by atoms with E-state index >= 15 is 0 Å². The number of hydrogen-bond donors (Lipinski definition) is 0. The van der Waals surface area contributed by atoms with Crippen molar-refractivity contribution in [2.45, 2.75) is 232 Å². The first-order valence-corrected chi connectivity index (χ1v) is 26.7. The maximum absolute atomic E-state index is 12.7. The summed E-state index contributed by atoms with van der Waals surface area (Å²) in [4.78, 5) is 37.7. The van der Waals surface area contributed by atoms with Crippen LogP contribution in [-0.4, -0.2) is 70.0 Å². The Morgan fingerprint density at radius 2 is 0.885 bits per heavy atom. The summed E-state index contributed by atoms with van der Waals surface area (Å²) in [6, 6.07) is 0. The molecule has 1 unspecified atom stereocenters. The van der Waals surface area contributed by atoms with Crippen LogP contribution in [0.3, 0.4) is 0 Å². The number of phosphoric acid groups is 1. The normalized spacial score (nSPS) is 13.7. The summed E-state index contributed by atoms with van der Waals surface area (Å²) < 4.78 is 34.0. The molecule has 0 aliphatic heterocycles. The van der Waals surface area contributed by atoms with Crippen molar-refractivity contribution in [2.24, 2.45) is 0 Å². The van der Waals surface area contributed by atoms with Crippen molar-refractivity contribution in [3.63, 3.8) is 0 Å². The van der Waals surface area contributed by atoms with E-state index in [9.17, 15) is 19.0 Å². The Morgan fingerprint density at radius 1 is 0.508 bits per heavy atom. The monoisotopic (exact) mass is 882 g/mol. The third-order valence-electron chi connectivity index (χ3n) is 10.9. The van der Waals surface area contributed by atoms with Gasteiger partial charge in [-0.2, -0.15) is 0 Å². The predicted molar refractivity (Wildman–Crippen MR) is 254 cm³/mol. The van der Waals surface area contributed by atoms with E-state index in [1.54, 1.807) is 0 Å². The van der Waals surface area contributed by atoms with Crippen LogP contribution in [0.1, 0.15) is 226 Å². The minimum atomic E-state index is -4.63. The molecule has 0 heterocycles. The molecule has 0 radical (unpaired) electrons. The van der Waals surface area contributed by atoms with Gasteiger partial charge >= 0.3 is 11.9 Å². The van der Waals surface area contributed by atoms with Crippen molar-refractivity contribution in [2.75, 3.05) is 47.5 Å². The number of carbonyl (C=O) groups excluding carboxylic acids is 2. The number of quaternary nitrogens is 1. The number of hydrogen-bond acceptors (Lipinski definition) is 8. The zero-order valence-corrected chi connectivity index (χ0v) is 41.3. The number of carbonyl (C=O) groups is 2. The number of nitrogens with zero attached hydrogens (tertiary/aromatic N) is 1. The van der Waals surface area contributed by atoms with E-state index in [1.165, 1.54) is 135 Å². The van der Waals surface area contributed by atoms with Gasteiger partial charge in [-0.25, -0.2) is 0 Å². The zero-order valence-electron chi connectivity index (χ0n) is 40.4. The number of phosphoric ester groups is 1. The van der Waals surface area contributed by atoms with E-state index in [4.69, 9.17) is 18.5 Å². The molecule has 0 rings (SSSR count). The van der Waals surface area contributed by atoms with Gasteiger partial charge in [0.2, 0.25) is 0 Å². The second-order valence-corrected chi connectivity index (χ2v) is 19.6. The fraction of sp³-hybridized carbons (Fsp3) is 0.843. The lowest BCUT2D eigenvalue weighted by atomic mass is 10.0. The number of allylic oxidation sites excluding steroid dienone is 6. The Kier molecular flexibility index (Phi) is 42.2. The summed E-state index contributed by atoms with van der Waals surface area (Å²) in [6.45, 7) is 4.20. The minimum Gasteiger partial charge on any atom is -0.756 e. The molecule has 0 aromatic heterocycles. The van der Waals surface area contributed by atoms with Gasteiger partial charge in [0.25, 0.3) is 7.82 Å². The number of ether oxygens (including phenoxy) is 2. The van der Waals surface area contributed by atoms with Crippen LogP contribution in [0.5, 0.6) is 0 Å². The molecular weight excluding hydrogens is 786 g/mol. The molecular formula is C51H96NO8P. The highest BCUT2D eigenvalue weighted by molar-refractivity contribution is 7.45. The van der Waals surface area contributed by atoms with Gasteiger partial charge in [0.1, 0.15) is 19.8 Å². The van der Waals surface area contributed by atoms with Crippen molar-refractivity contribution >= 4 is 19.8 Å². The zero-order chi connectivity index (χ0) is 45.0. The topological polar surface area (TPSA) is 111 Å². The van der Waals surface area contributed by atoms with Crippen molar-refractivity contribution in [1.29, 1.82) is 0 Å². The van der Waals surface area contributed by atoms with E-state index in [-0.39, 0.29) is 32.0 Å². The molecule has 0 aliphatic rings. The maximum Gasteiger partial charge on any atom is 0.306 e. The van der Waals surface area contributed by atoms with Crippen LogP contribution in [0.15, 0.2) is 36.5 Å². The Hall–Kier alpha value is -1.77. The lowest BCUT2D eigenvalue weighted by Gasteiger charge is -2.28. The molecule has 9 nitrogen and oxygen atoms in total. The van der Waals surface area contributed by atoms with Crippen molar-refractivity contribution in [3.05, 3.63) is 36.5 Å². The first-order valence-electron chi connectivity index (χ1n) is 25.2. The Balaban J connectivity index is 4.27. The summed E-state index contributed by atoms with van der Waals surface area (Å²) in [7, 11) is 1.15. The summed E-state index contributed by atoms with van der Waals surface area (Å²) in [6.07, 6.45) is 50.3. The number of esters is 2. The van der Waals surface area contributed by atoms with Gasteiger partial charge in [0.15, 0.2) is 6.10 Å². The van der Waals surface area contributed by atoms with Gasteiger partial charge in [-0.3, -0.25) is 14.2 Å². The molecule has 0 saturated heterocycles. The van der Waals surface area contributed by atoms with Crippen LogP contribution in [0.2, 0.25) is 0 Å². The lowest BCUT2D eigenvalue weighted by molar-refractivity contribution is -0.870. The molecule has 0 fully saturated rings. The van der Waals surface area contributed by atoms with Gasteiger partial charge < -0.3 is 27.9 Å². The van der Waals surface area contributed by atoms with Crippen LogP contribution >= 0.6 is 7.82 Å². The fourth-order valence-electron chi connectivity index (χ4n) is 6.96. The average molecular weight is 882 g/mol. The van der Waals surface area contributed by atoms with Crippen LogP contribution < -0.4 is 4.89 Å². The summed E-state index contributed by atoms with van der Waals surface area (Å²) in [5.41, 5.74) is 0. The Labute approximate surface area is 376 Å². The van der Waals surface area contributed by atoms with Crippen LogP contribution in [0.4, 0.5) is 0 Å². The molecule has 0 aromatic rings. The molecule has 0 N–H and O–H groups in total. The fourth-order valence-corrected chi connectivity index (χ4v) is 7.69. The van der Waals surface area contributed by atoms with Crippen molar-refractivity contribution in [1.82, 2.24) is 0 Å². The van der Waals surface area contributed by atoms with Gasteiger partial charge in [-0.05, 0) is 51.4 Å². The molecule has 2 atom stereocenters. The molecule has 61 heavy (non-hydrogen) atoms. The molecule has 0 amide bonds. The van der Waals surface area contributed by atoms with E-state index in [1.807, 2.05) is 21.1 Å². The van der Waals surface area contributed by atoms with Gasteiger partial charge in [0.05, 0.1) is 27.7 Å². The molecule has 0 aromatic carbocycles. The van der Waals surface area contributed by atoms with Crippen LogP contribution in [0.25, 0.3) is 0 Å². The molecule has 0 bridgehead atoms. The third kappa shape index (κ3) is 47.5. The molecule has 358 valence electrons. The second kappa shape index (κ2) is 43.5. The number of likely N-dealkylation sites (N-methyl/N-ethyl adjacent to an activating group) is 1. The Bertz CT molecular complexity index is 1130. The standard InChI is InChI=1S/C51H96NO8P/c1-6-8-10-12-14-16-18-20-22-24-25-26-28-29-31-33-35-37-39-41-43-50(53)57-47-49(48-59-61(55,56)58-46-45-52(3,4)5)60-51(54)44-42-40-38-36-34-32-30-27-23-21-19-17-15-13-11-9-7-2/h15,17,21,23,30,32,49H,6-14,16,18-20,22,24-29,31,33-48H2,1-5H3/b17-15+,23-21+,32-30+/t49-/m1/s1. The third-order valence-corrected chi connectivity index (χ3v) is 11.9. The summed E-state index contributed by atoms with van der Waals surface area (Å²) >= 11 is 0. The predicted octanol–water partition coefficient (Wildman–Crippen LogP) is 14.2. The van der Waals surface area contributed by atoms with Crippen LogP contribution in [0, 0.1) is 0 Å². The summed E-state index contributed by atoms with van der Waals surface area (Å²) in [5.74, 6) is -0.851. The maximum atomic E-state index is 12.7. The largest absolute Gasteiger partial charge is 0.756 e. The second-order valence-electron chi connectivity index (χ2n) is 18.2. The average Bonchev–Trinajstić information content (AvgIpc) is 3.21. The number of rotatable bonds is 46. The van der Waals surface area contributed by atoms with Crippen molar-refractivity contribution < 1.29 is 42.1 Å². The highest BCUT2D eigenvalue weighted by Gasteiger charge is 2.21. The Morgan fingerprint density at radius 3 is 1.34 bits per heavy atom. The first kappa shape index (κ1) is 59.2. The minimum absolute atomic E-state index is 0.0346. The molecule has 0 spiro atoms. The van der Waals surface area contributed by atoms with Crippen LogP contribution in [-0.2, 0) is 32.7 Å². The first-order chi connectivity index (χ1) is 29.5. The highest BCUT2D eigenvalue weighted by atomic mass is 31.2. The van der Waals surface area contributed by atoms with E-state index < -0.39 is 26.5 Å². The summed E-state index contributed by atoms with van der Waals surface area (Å²) in [5, 5.41) is 0. The number of unbranched alkanes of at least 4 members (excludes halogenated alkanes) is 26. The molecule has 0 saturated carbocycles. The van der Waals surface area contributed by atoms with E-state index in [2.05, 4.69) is 50.3 Å². The SMILES string of the molecule is CCCCC/C=C/C/C=C/C/C=C/CCCCCCC(=O)O[C@H](COC(=O)CCCCCCCCCCCCCCCCCCCCCC)COP(=O)([O-])OCC[N+](C)(C)C. The highest BCUT2D eigenvalue weighted by Crippen LogP contribution is 2.38. The molecule has 10 heteroatoms. The van der Waals surface area contributed by atoms with Gasteiger partial charge in [-0.15, -0.1) is 0 Å². The smallest absolute Gasteiger partial charge is 0.306 e. The quantitative estimate of drug-likeness (QED) is 0.0195. The lowest BCUT2D eigenvalue weighted by Crippen LogP contribution is -2.37. The van der Waals surface area contributed by atoms with Gasteiger partial charge in [-0.1, -0.05) is 198 Å². The van der Waals surface area contributed by atoms with E-state index in [0.29, 0.717) is 17.4 Å². The molecule has 0 aliphatic carbocycles.